The van der Waals surface area contributed by atoms with Crippen LogP contribution in [0, 0.1) is 17.3 Å². The molecule has 1 N–H and O–H groups in total. The minimum Gasteiger partial charge on any atom is -0.384 e. The van der Waals surface area contributed by atoms with Crippen molar-refractivity contribution in [3.05, 3.63) is 0 Å². The number of hydrogen-bond donors (Lipinski definition) is 1. The Labute approximate surface area is 125 Å². The maximum absolute atomic E-state index is 5.33. The Kier molecular flexibility index (Phi) is 6.31. The van der Waals surface area contributed by atoms with Crippen molar-refractivity contribution in [3.8, 4) is 0 Å². The van der Waals surface area contributed by atoms with Gasteiger partial charge < -0.3 is 15.0 Å². The molecule has 3 unspecified atom stereocenters. The molecule has 1 saturated heterocycles. The van der Waals surface area contributed by atoms with Gasteiger partial charge in [-0.05, 0) is 49.6 Å². The summed E-state index contributed by atoms with van der Waals surface area (Å²) in [5.41, 5.74) is 0.523. The Bertz CT molecular complexity index is 284. The van der Waals surface area contributed by atoms with Crippen LogP contribution in [0.2, 0.25) is 0 Å². The highest BCUT2D eigenvalue weighted by Crippen LogP contribution is 2.40. The molecule has 0 aromatic heterocycles. The molecule has 0 aromatic rings. The molecule has 2 aliphatic rings. The van der Waals surface area contributed by atoms with Gasteiger partial charge >= 0.3 is 0 Å². The Morgan fingerprint density at radius 2 is 2.20 bits per heavy atom. The van der Waals surface area contributed by atoms with Gasteiger partial charge in [-0.2, -0.15) is 0 Å². The lowest BCUT2D eigenvalue weighted by molar-refractivity contribution is 0.0857. The fourth-order valence-electron chi connectivity index (χ4n) is 4.42. The molecule has 2 fully saturated rings. The van der Waals surface area contributed by atoms with Gasteiger partial charge in [-0.3, -0.25) is 0 Å². The molecule has 3 heteroatoms. The molecular weight excluding hydrogens is 248 g/mol. The average molecular weight is 282 g/mol. The number of ether oxygens (including phenoxy) is 1. The van der Waals surface area contributed by atoms with Gasteiger partial charge in [0.05, 0.1) is 6.61 Å². The van der Waals surface area contributed by atoms with Gasteiger partial charge in [-0.25, -0.2) is 0 Å². The highest BCUT2D eigenvalue weighted by molar-refractivity contribution is 4.91. The molecule has 0 aromatic carbocycles. The van der Waals surface area contributed by atoms with Crippen LogP contribution < -0.4 is 5.32 Å². The summed E-state index contributed by atoms with van der Waals surface area (Å²) in [6.07, 6.45) is 6.99. The molecule has 0 spiro atoms. The molecule has 0 radical (unpaired) electrons. The van der Waals surface area contributed by atoms with E-state index >= 15 is 0 Å². The average Bonchev–Trinajstić information content (AvgIpc) is 2.84. The number of nitrogens with one attached hydrogen (secondary N) is 1. The summed E-state index contributed by atoms with van der Waals surface area (Å²) in [6.45, 7) is 11.7. The van der Waals surface area contributed by atoms with E-state index in [0.717, 1.165) is 25.0 Å². The molecule has 2 rings (SSSR count). The van der Waals surface area contributed by atoms with E-state index in [4.69, 9.17) is 4.74 Å². The molecule has 1 aliphatic carbocycles. The van der Waals surface area contributed by atoms with Crippen molar-refractivity contribution in [1.82, 2.24) is 10.2 Å². The lowest BCUT2D eigenvalue weighted by atomic mass is 9.69. The van der Waals surface area contributed by atoms with E-state index in [0.29, 0.717) is 5.41 Å². The van der Waals surface area contributed by atoms with Crippen LogP contribution in [0.1, 0.15) is 46.0 Å². The molecule has 0 bridgehead atoms. The number of methoxy groups -OCH3 is 1. The Morgan fingerprint density at radius 3 is 2.90 bits per heavy atom. The molecular formula is C17H34N2O. The monoisotopic (exact) mass is 282 g/mol. The molecule has 20 heavy (non-hydrogen) atoms. The Hall–Kier alpha value is -0.120. The van der Waals surface area contributed by atoms with E-state index in [2.05, 4.69) is 24.1 Å². The van der Waals surface area contributed by atoms with Crippen molar-refractivity contribution in [2.75, 3.05) is 46.4 Å². The van der Waals surface area contributed by atoms with Gasteiger partial charge in [0.15, 0.2) is 0 Å². The normalized spacial score (nSPS) is 35.5. The van der Waals surface area contributed by atoms with E-state index in [9.17, 15) is 0 Å². The van der Waals surface area contributed by atoms with Crippen LogP contribution in [-0.4, -0.2) is 51.3 Å². The lowest BCUT2D eigenvalue weighted by Crippen LogP contribution is -2.46. The standard InChI is InChI=1S/C17H34N2O/c1-4-18-13-17(8-5-6-15(2)10-17)14-19-9-7-16(11-19)12-20-3/h15-16,18H,4-14H2,1-3H3. The lowest BCUT2D eigenvalue weighted by Gasteiger charge is -2.43. The van der Waals surface area contributed by atoms with Crippen LogP contribution in [0.5, 0.6) is 0 Å². The fourth-order valence-corrected chi connectivity index (χ4v) is 4.42. The second-order valence-corrected chi connectivity index (χ2v) is 7.33. The summed E-state index contributed by atoms with van der Waals surface area (Å²) < 4.78 is 5.33. The van der Waals surface area contributed by atoms with E-state index in [1.807, 2.05) is 7.11 Å². The van der Waals surface area contributed by atoms with Crippen LogP contribution in [0.3, 0.4) is 0 Å². The highest BCUT2D eigenvalue weighted by Gasteiger charge is 2.37. The number of hydrogen-bond acceptors (Lipinski definition) is 3. The largest absolute Gasteiger partial charge is 0.384 e. The molecule has 1 saturated carbocycles. The molecule has 1 aliphatic heterocycles. The molecule has 1 heterocycles. The summed E-state index contributed by atoms with van der Waals surface area (Å²) in [5.74, 6) is 1.66. The van der Waals surface area contributed by atoms with Crippen molar-refractivity contribution in [2.45, 2.75) is 46.0 Å². The van der Waals surface area contributed by atoms with Gasteiger partial charge in [0.1, 0.15) is 0 Å². The van der Waals surface area contributed by atoms with Crippen LogP contribution in [0.4, 0.5) is 0 Å². The summed E-state index contributed by atoms with van der Waals surface area (Å²) in [5, 5.41) is 3.64. The van der Waals surface area contributed by atoms with Crippen LogP contribution in [0.25, 0.3) is 0 Å². The zero-order valence-corrected chi connectivity index (χ0v) is 13.8. The minimum atomic E-state index is 0.523. The second-order valence-electron chi connectivity index (χ2n) is 7.33. The zero-order chi connectivity index (χ0) is 14.4. The third-order valence-corrected chi connectivity index (χ3v) is 5.27. The van der Waals surface area contributed by atoms with Gasteiger partial charge in [0.25, 0.3) is 0 Å². The summed E-state index contributed by atoms with van der Waals surface area (Å²) in [4.78, 5) is 2.71. The number of likely N-dealkylation sites (tertiary alicyclic amines) is 1. The van der Waals surface area contributed by atoms with Crippen LogP contribution in [0.15, 0.2) is 0 Å². The maximum atomic E-state index is 5.33. The van der Waals surface area contributed by atoms with E-state index < -0.39 is 0 Å². The maximum Gasteiger partial charge on any atom is 0.0503 e. The van der Waals surface area contributed by atoms with E-state index in [-0.39, 0.29) is 0 Å². The molecule has 3 atom stereocenters. The van der Waals surface area contributed by atoms with Gasteiger partial charge in [0, 0.05) is 26.7 Å². The Morgan fingerprint density at radius 1 is 1.35 bits per heavy atom. The van der Waals surface area contributed by atoms with E-state index in [1.165, 1.54) is 58.3 Å². The molecule has 118 valence electrons. The number of nitrogens with zero attached hydrogens (tertiary/aromatic N) is 1. The SMILES string of the molecule is CCNCC1(CN2CCC(COC)C2)CCCC(C)C1. The summed E-state index contributed by atoms with van der Waals surface area (Å²) in [6, 6.07) is 0. The fraction of sp³-hybridized carbons (Fsp3) is 1.00. The topological polar surface area (TPSA) is 24.5 Å². The van der Waals surface area contributed by atoms with Crippen molar-refractivity contribution in [2.24, 2.45) is 17.3 Å². The third kappa shape index (κ3) is 4.44. The van der Waals surface area contributed by atoms with Crippen molar-refractivity contribution < 1.29 is 4.74 Å². The first kappa shape index (κ1) is 16.3. The van der Waals surface area contributed by atoms with Crippen LogP contribution >= 0.6 is 0 Å². The predicted molar refractivity (Wildman–Crippen MR) is 85.0 cm³/mol. The van der Waals surface area contributed by atoms with Gasteiger partial charge in [0.2, 0.25) is 0 Å². The predicted octanol–water partition coefficient (Wildman–Crippen LogP) is 2.76. The summed E-state index contributed by atoms with van der Waals surface area (Å²) >= 11 is 0. The summed E-state index contributed by atoms with van der Waals surface area (Å²) in [7, 11) is 1.83. The van der Waals surface area contributed by atoms with Crippen molar-refractivity contribution in [1.29, 1.82) is 0 Å². The first-order chi connectivity index (χ1) is 9.67. The molecule has 3 nitrogen and oxygen atoms in total. The van der Waals surface area contributed by atoms with E-state index in [1.54, 1.807) is 0 Å². The quantitative estimate of drug-likeness (QED) is 0.777. The second kappa shape index (κ2) is 7.77. The highest BCUT2D eigenvalue weighted by atomic mass is 16.5. The smallest absolute Gasteiger partial charge is 0.0503 e. The first-order valence-electron chi connectivity index (χ1n) is 8.59. The van der Waals surface area contributed by atoms with Gasteiger partial charge in [-0.1, -0.05) is 26.7 Å². The van der Waals surface area contributed by atoms with Crippen LogP contribution in [-0.2, 0) is 4.74 Å². The number of rotatable bonds is 7. The first-order valence-corrected chi connectivity index (χ1v) is 8.59. The minimum absolute atomic E-state index is 0.523. The van der Waals surface area contributed by atoms with Crippen molar-refractivity contribution >= 4 is 0 Å². The Balaban J connectivity index is 1.90. The van der Waals surface area contributed by atoms with Gasteiger partial charge in [-0.15, -0.1) is 0 Å². The molecule has 0 amide bonds. The third-order valence-electron chi connectivity index (χ3n) is 5.27. The van der Waals surface area contributed by atoms with Crippen molar-refractivity contribution in [3.63, 3.8) is 0 Å². The zero-order valence-electron chi connectivity index (χ0n) is 13.8.